The van der Waals surface area contributed by atoms with Gasteiger partial charge in [-0.25, -0.2) is 0 Å². The van der Waals surface area contributed by atoms with Crippen LogP contribution in [-0.4, -0.2) is 31.1 Å². The molecule has 0 unspecified atom stereocenters. The van der Waals surface area contributed by atoms with Crippen molar-refractivity contribution in [3.8, 4) is 22.5 Å². The van der Waals surface area contributed by atoms with Gasteiger partial charge in [-0.15, -0.1) is 0 Å². The number of rotatable bonds is 4. The van der Waals surface area contributed by atoms with Gasteiger partial charge in [0.2, 0.25) is 5.91 Å². The first-order valence-corrected chi connectivity index (χ1v) is 9.38. The molecule has 7 heteroatoms. The zero-order valence-electron chi connectivity index (χ0n) is 15.7. The van der Waals surface area contributed by atoms with Gasteiger partial charge in [0.25, 0.3) is 0 Å². The summed E-state index contributed by atoms with van der Waals surface area (Å²) in [6.07, 6.45) is 7.46. The van der Waals surface area contributed by atoms with Gasteiger partial charge in [-0.3, -0.25) is 19.9 Å². The second-order valence-electron chi connectivity index (χ2n) is 6.84. The fourth-order valence-corrected chi connectivity index (χ4v) is 3.41. The number of amides is 1. The maximum absolute atomic E-state index is 11.7. The summed E-state index contributed by atoms with van der Waals surface area (Å²) in [6, 6.07) is 12.0. The summed E-state index contributed by atoms with van der Waals surface area (Å²) >= 11 is 0. The van der Waals surface area contributed by atoms with Crippen molar-refractivity contribution in [3.05, 3.63) is 61.2 Å². The van der Waals surface area contributed by atoms with Crippen molar-refractivity contribution in [2.24, 2.45) is 0 Å². The van der Waals surface area contributed by atoms with Gasteiger partial charge >= 0.3 is 0 Å². The molecule has 0 saturated heterocycles. The SMILES string of the molecule is CCC(=O)Nc1cncc(-c2ccc3[nH]nc(-c4cc5cnccc5[nH]4)c3c2)c1. The number of fused-ring (bicyclic) bond motifs is 2. The lowest BCUT2D eigenvalue weighted by molar-refractivity contribution is -0.115. The van der Waals surface area contributed by atoms with E-state index in [2.05, 4.69) is 36.5 Å². The first kappa shape index (κ1) is 17.1. The first-order chi connectivity index (χ1) is 14.2. The van der Waals surface area contributed by atoms with Crippen LogP contribution in [0.4, 0.5) is 5.69 Å². The fourth-order valence-electron chi connectivity index (χ4n) is 3.41. The molecule has 3 N–H and O–H groups in total. The van der Waals surface area contributed by atoms with Crippen molar-refractivity contribution < 1.29 is 4.79 Å². The normalized spacial score (nSPS) is 11.2. The molecule has 4 heterocycles. The summed E-state index contributed by atoms with van der Waals surface area (Å²) in [6.45, 7) is 1.82. The molecule has 29 heavy (non-hydrogen) atoms. The predicted octanol–water partition coefficient (Wildman–Crippen LogP) is 4.52. The summed E-state index contributed by atoms with van der Waals surface area (Å²) in [4.78, 5) is 23.5. The van der Waals surface area contributed by atoms with Gasteiger partial charge in [-0.05, 0) is 35.9 Å². The number of carbonyl (C=O) groups excluding carboxylic acids is 1. The highest BCUT2D eigenvalue weighted by Crippen LogP contribution is 2.32. The number of H-pyrrole nitrogens is 2. The van der Waals surface area contributed by atoms with Crippen LogP contribution in [0.1, 0.15) is 13.3 Å². The van der Waals surface area contributed by atoms with E-state index in [1.807, 2.05) is 43.5 Å². The molecule has 7 nitrogen and oxygen atoms in total. The molecule has 4 aromatic heterocycles. The van der Waals surface area contributed by atoms with Gasteiger partial charge in [-0.1, -0.05) is 13.0 Å². The van der Waals surface area contributed by atoms with Crippen molar-refractivity contribution in [3.63, 3.8) is 0 Å². The van der Waals surface area contributed by atoms with E-state index >= 15 is 0 Å². The molecule has 0 fully saturated rings. The smallest absolute Gasteiger partial charge is 0.224 e. The maximum atomic E-state index is 11.7. The number of nitrogens with zero attached hydrogens (tertiary/aromatic N) is 3. The Hall–Kier alpha value is -4.00. The topological polar surface area (TPSA) is 99.3 Å². The molecule has 1 amide bonds. The summed E-state index contributed by atoms with van der Waals surface area (Å²) in [5.41, 5.74) is 6.35. The molecule has 0 aliphatic rings. The molecule has 0 atom stereocenters. The van der Waals surface area contributed by atoms with Crippen molar-refractivity contribution in [1.82, 2.24) is 25.1 Å². The summed E-state index contributed by atoms with van der Waals surface area (Å²) in [5, 5.41) is 12.5. The minimum absolute atomic E-state index is 0.0372. The predicted molar refractivity (Wildman–Crippen MR) is 113 cm³/mol. The average molecular weight is 382 g/mol. The van der Waals surface area contributed by atoms with E-state index < -0.39 is 0 Å². The van der Waals surface area contributed by atoms with E-state index in [-0.39, 0.29) is 5.91 Å². The van der Waals surface area contributed by atoms with Crippen LogP contribution in [0.5, 0.6) is 0 Å². The highest BCUT2D eigenvalue weighted by Gasteiger charge is 2.12. The van der Waals surface area contributed by atoms with Crippen molar-refractivity contribution >= 4 is 33.4 Å². The minimum Gasteiger partial charge on any atom is -0.353 e. The Morgan fingerprint density at radius 1 is 1.00 bits per heavy atom. The molecular weight excluding hydrogens is 364 g/mol. The van der Waals surface area contributed by atoms with Gasteiger partial charge in [-0.2, -0.15) is 5.10 Å². The number of hydrogen-bond donors (Lipinski definition) is 3. The van der Waals surface area contributed by atoms with E-state index in [9.17, 15) is 4.79 Å². The number of nitrogens with one attached hydrogen (secondary N) is 3. The third kappa shape index (κ3) is 3.12. The molecule has 0 saturated carbocycles. The van der Waals surface area contributed by atoms with Crippen LogP contribution in [0.25, 0.3) is 44.3 Å². The van der Waals surface area contributed by atoms with E-state index in [4.69, 9.17) is 0 Å². The molecule has 5 rings (SSSR count). The van der Waals surface area contributed by atoms with Gasteiger partial charge in [0.15, 0.2) is 0 Å². The minimum atomic E-state index is -0.0372. The maximum Gasteiger partial charge on any atom is 0.224 e. The number of hydrogen-bond acceptors (Lipinski definition) is 4. The molecule has 0 bridgehead atoms. The van der Waals surface area contributed by atoms with Crippen LogP contribution >= 0.6 is 0 Å². The van der Waals surface area contributed by atoms with E-state index in [0.717, 1.165) is 44.3 Å². The molecule has 0 aliphatic heterocycles. The molecule has 0 spiro atoms. The quantitative estimate of drug-likeness (QED) is 0.426. The van der Waals surface area contributed by atoms with Crippen LogP contribution in [0.3, 0.4) is 0 Å². The first-order valence-electron chi connectivity index (χ1n) is 9.38. The lowest BCUT2D eigenvalue weighted by Crippen LogP contribution is -2.09. The number of aromatic nitrogens is 5. The van der Waals surface area contributed by atoms with Crippen LogP contribution in [-0.2, 0) is 4.79 Å². The van der Waals surface area contributed by atoms with Gasteiger partial charge in [0, 0.05) is 46.9 Å². The van der Waals surface area contributed by atoms with Crippen LogP contribution in [0, 0.1) is 0 Å². The second kappa shape index (κ2) is 6.87. The highest BCUT2D eigenvalue weighted by atomic mass is 16.1. The van der Waals surface area contributed by atoms with E-state index in [1.165, 1.54) is 0 Å². The Kier molecular flexibility index (Phi) is 4.05. The molecule has 0 aliphatic carbocycles. The standard InChI is InChI=1S/C22H18N6O/c1-2-21(29)25-16-7-14(10-24-12-16)13-3-4-19-17(8-13)22(28-27-19)20-9-15-11-23-6-5-18(15)26-20/h3-12,26H,2H2,1H3,(H,25,29)(H,27,28). The van der Waals surface area contributed by atoms with Crippen LogP contribution < -0.4 is 5.32 Å². The van der Waals surface area contributed by atoms with Crippen molar-refractivity contribution in [2.45, 2.75) is 13.3 Å². The van der Waals surface area contributed by atoms with Gasteiger partial charge < -0.3 is 10.3 Å². The molecule has 0 radical (unpaired) electrons. The summed E-state index contributed by atoms with van der Waals surface area (Å²) in [7, 11) is 0. The monoisotopic (exact) mass is 382 g/mol. The zero-order chi connectivity index (χ0) is 19.8. The number of aromatic amines is 2. The zero-order valence-corrected chi connectivity index (χ0v) is 15.7. The fraction of sp³-hybridized carbons (Fsp3) is 0.0909. The van der Waals surface area contributed by atoms with E-state index in [0.29, 0.717) is 12.1 Å². The van der Waals surface area contributed by atoms with Gasteiger partial charge in [0.05, 0.1) is 23.1 Å². The Morgan fingerprint density at radius 2 is 1.93 bits per heavy atom. The van der Waals surface area contributed by atoms with Crippen molar-refractivity contribution in [1.29, 1.82) is 0 Å². The lowest BCUT2D eigenvalue weighted by Gasteiger charge is -2.06. The van der Waals surface area contributed by atoms with Crippen LogP contribution in [0.15, 0.2) is 61.2 Å². The Balaban J connectivity index is 1.58. The Morgan fingerprint density at radius 3 is 2.79 bits per heavy atom. The summed E-state index contributed by atoms with van der Waals surface area (Å²) in [5.74, 6) is -0.0372. The average Bonchev–Trinajstić information content (AvgIpc) is 3.37. The van der Waals surface area contributed by atoms with Gasteiger partial charge in [0.1, 0.15) is 5.69 Å². The second-order valence-corrected chi connectivity index (χ2v) is 6.84. The Bertz CT molecular complexity index is 1320. The molecule has 5 aromatic rings. The molecule has 1 aromatic carbocycles. The number of pyridine rings is 2. The van der Waals surface area contributed by atoms with E-state index in [1.54, 1.807) is 18.6 Å². The largest absolute Gasteiger partial charge is 0.353 e. The van der Waals surface area contributed by atoms with Crippen LogP contribution in [0.2, 0.25) is 0 Å². The summed E-state index contributed by atoms with van der Waals surface area (Å²) < 4.78 is 0. The molecular formula is C22H18N6O. The number of benzene rings is 1. The number of carbonyl (C=O) groups is 1. The third-order valence-corrected chi connectivity index (χ3v) is 4.92. The van der Waals surface area contributed by atoms with Crippen molar-refractivity contribution in [2.75, 3.05) is 5.32 Å². The Labute approximate surface area is 166 Å². The number of anilines is 1. The third-order valence-electron chi connectivity index (χ3n) is 4.92. The lowest BCUT2D eigenvalue weighted by atomic mass is 10.0. The molecule has 142 valence electrons. The highest BCUT2D eigenvalue weighted by molar-refractivity contribution is 5.98.